The summed E-state index contributed by atoms with van der Waals surface area (Å²) in [5.41, 5.74) is 7.28. The number of fused-ring (bicyclic) bond motifs is 1. The Bertz CT molecular complexity index is 828. The van der Waals surface area contributed by atoms with Gasteiger partial charge in [0, 0.05) is 5.56 Å². The van der Waals surface area contributed by atoms with E-state index in [1.54, 1.807) is 6.92 Å². The molecule has 0 saturated heterocycles. The normalized spacial score (nSPS) is 13.7. The second kappa shape index (κ2) is 5.03. The molecular formula is C15H19N5OS. The molecule has 2 aromatic heterocycles. The highest BCUT2D eigenvalue weighted by Crippen LogP contribution is 2.30. The van der Waals surface area contributed by atoms with Gasteiger partial charge in [0.15, 0.2) is 16.8 Å². The number of benzene rings is 1. The zero-order valence-electron chi connectivity index (χ0n) is 13.0. The van der Waals surface area contributed by atoms with Gasteiger partial charge in [0.1, 0.15) is 6.10 Å². The van der Waals surface area contributed by atoms with E-state index in [1.807, 2.05) is 22.9 Å². The number of aliphatic hydroxyl groups is 1. The van der Waals surface area contributed by atoms with Crippen molar-refractivity contribution in [2.24, 2.45) is 0 Å². The van der Waals surface area contributed by atoms with Gasteiger partial charge in [0.2, 0.25) is 0 Å². The number of nitrogens with two attached hydrogens (primary N) is 1. The molecular weight excluding hydrogens is 298 g/mol. The fourth-order valence-electron chi connectivity index (χ4n) is 2.24. The van der Waals surface area contributed by atoms with E-state index >= 15 is 0 Å². The minimum atomic E-state index is -0.707. The zero-order chi connectivity index (χ0) is 16.1. The molecule has 3 rings (SSSR count). The average molecular weight is 317 g/mol. The molecule has 22 heavy (non-hydrogen) atoms. The zero-order valence-corrected chi connectivity index (χ0v) is 13.8. The van der Waals surface area contributed by atoms with Crippen molar-refractivity contribution in [3.8, 4) is 11.4 Å². The van der Waals surface area contributed by atoms with Crippen molar-refractivity contribution < 1.29 is 5.11 Å². The van der Waals surface area contributed by atoms with Crippen LogP contribution in [0.15, 0.2) is 18.2 Å². The molecule has 0 aliphatic carbocycles. The largest absolute Gasteiger partial charge is 0.385 e. The summed E-state index contributed by atoms with van der Waals surface area (Å²) in [4.78, 5) is 8.83. The third-order valence-electron chi connectivity index (χ3n) is 3.29. The van der Waals surface area contributed by atoms with Crippen LogP contribution in [0.2, 0.25) is 0 Å². The number of hydrogen-bond donors (Lipinski definition) is 2. The molecule has 0 amide bonds. The van der Waals surface area contributed by atoms with E-state index in [9.17, 15) is 5.11 Å². The molecule has 3 aromatic rings. The first-order valence-corrected chi connectivity index (χ1v) is 7.89. The quantitative estimate of drug-likeness (QED) is 0.758. The van der Waals surface area contributed by atoms with Gasteiger partial charge < -0.3 is 10.8 Å². The summed E-state index contributed by atoms with van der Waals surface area (Å²) in [6.07, 6.45) is -0.707. The van der Waals surface area contributed by atoms with E-state index in [4.69, 9.17) is 5.73 Å². The van der Waals surface area contributed by atoms with Crippen LogP contribution in [0.5, 0.6) is 0 Å². The Kier molecular flexibility index (Phi) is 3.41. The molecule has 0 aliphatic heterocycles. The number of anilines is 1. The topological polar surface area (TPSA) is 89.9 Å². The first kappa shape index (κ1) is 14.9. The number of nitrogens with zero attached hydrogens (tertiary/aromatic N) is 4. The van der Waals surface area contributed by atoms with E-state index < -0.39 is 6.10 Å². The van der Waals surface area contributed by atoms with Crippen LogP contribution in [0, 0.1) is 0 Å². The maximum absolute atomic E-state index is 9.78. The molecule has 1 aromatic carbocycles. The number of thiazole rings is 1. The summed E-state index contributed by atoms with van der Waals surface area (Å²) >= 11 is 1.46. The van der Waals surface area contributed by atoms with Crippen LogP contribution in [-0.4, -0.2) is 24.9 Å². The summed E-state index contributed by atoms with van der Waals surface area (Å²) in [7, 11) is 0. The Morgan fingerprint density at radius 1 is 1.27 bits per heavy atom. The molecule has 6 nitrogen and oxygen atoms in total. The van der Waals surface area contributed by atoms with E-state index in [0.29, 0.717) is 11.0 Å². The SMILES string of the molecule is CC(O)c1nc(-c2ccc3sc(N)nc3c2)n(C(C)(C)C)n1. The number of aromatic nitrogens is 4. The van der Waals surface area contributed by atoms with Crippen LogP contribution < -0.4 is 5.73 Å². The average Bonchev–Trinajstić information content (AvgIpc) is 2.98. The van der Waals surface area contributed by atoms with Crippen molar-refractivity contribution in [1.82, 2.24) is 19.7 Å². The van der Waals surface area contributed by atoms with E-state index in [-0.39, 0.29) is 5.54 Å². The molecule has 0 aliphatic rings. The van der Waals surface area contributed by atoms with Crippen LogP contribution in [0.3, 0.4) is 0 Å². The first-order chi connectivity index (χ1) is 10.3. The molecule has 0 bridgehead atoms. The maximum Gasteiger partial charge on any atom is 0.181 e. The van der Waals surface area contributed by atoms with Crippen LogP contribution >= 0.6 is 11.3 Å². The minimum Gasteiger partial charge on any atom is -0.385 e. The fourth-order valence-corrected chi connectivity index (χ4v) is 2.96. The van der Waals surface area contributed by atoms with Gasteiger partial charge in [-0.05, 0) is 45.9 Å². The lowest BCUT2D eigenvalue weighted by atomic mass is 10.1. The highest BCUT2D eigenvalue weighted by atomic mass is 32.1. The van der Waals surface area contributed by atoms with Gasteiger partial charge >= 0.3 is 0 Å². The number of aliphatic hydroxyl groups excluding tert-OH is 1. The summed E-state index contributed by atoms with van der Waals surface area (Å²) < 4.78 is 2.88. The standard InChI is InChI=1S/C15H19N5OS/c1-8(21)12-18-13(20(19-12)15(2,3)4)9-5-6-11-10(7-9)17-14(16)22-11/h5-8,21H,1-4H3,(H2,16,17). The monoisotopic (exact) mass is 317 g/mol. The molecule has 1 atom stereocenters. The van der Waals surface area contributed by atoms with Gasteiger partial charge in [-0.1, -0.05) is 11.3 Å². The predicted molar refractivity (Wildman–Crippen MR) is 88.7 cm³/mol. The Hall–Kier alpha value is -1.99. The van der Waals surface area contributed by atoms with Crippen molar-refractivity contribution in [2.75, 3.05) is 5.73 Å². The molecule has 2 heterocycles. The van der Waals surface area contributed by atoms with Crippen molar-refractivity contribution >= 4 is 26.7 Å². The highest BCUT2D eigenvalue weighted by Gasteiger charge is 2.23. The second-order valence-corrected chi connectivity index (χ2v) is 7.35. The van der Waals surface area contributed by atoms with Crippen LogP contribution in [0.1, 0.15) is 39.6 Å². The van der Waals surface area contributed by atoms with Gasteiger partial charge in [0.05, 0.1) is 15.8 Å². The van der Waals surface area contributed by atoms with E-state index in [0.717, 1.165) is 21.6 Å². The van der Waals surface area contributed by atoms with Crippen molar-refractivity contribution in [1.29, 1.82) is 0 Å². The summed E-state index contributed by atoms with van der Waals surface area (Å²) in [6, 6.07) is 5.93. The molecule has 0 saturated carbocycles. The Morgan fingerprint density at radius 3 is 2.64 bits per heavy atom. The molecule has 0 fully saturated rings. The Labute approximate surface area is 132 Å². The van der Waals surface area contributed by atoms with Crippen molar-refractivity contribution in [3.05, 3.63) is 24.0 Å². The number of hydrogen-bond acceptors (Lipinski definition) is 6. The van der Waals surface area contributed by atoms with Crippen LogP contribution in [-0.2, 0) is 5.54 Å². The van der Waals surface area contributed by atoms with Gasteiger partial charge in [-0.3, -0.25) is 0 Å². The van der Waals surface area contributed by atoms with E-state index in [1.165, 1.54) is 11.3 Å². The predicted octanol–water partition coefficient (Wildman–Crippen LogP) is 2.95. The molecule has 0 spiro atoms. The van der Waals surface area contributed by atoms with Gasteiger partial charge in [-0.25, -0.2) is 14.6 Å². The Balaban J connectivity index is 2.19. The summed E-state index contributed by atoms with van der Waals surface area (Å²) in [6.45, 7) is 7.82. The summed E-state index contributed by atoms with van der Waals surface area (Å²) in [5.74, 6) is 1.14. The molecule has 116 valence electrons. The van der Waals surface area contributed by atoms with Crippen LogP contribution in [0.4, 0.5) is 5.13 Å². The van der Waals surface area contributed by atoms with Crippen molar-refractivity contribution in [3.63, 3.8) is 0 Å². The molecule has 0 radical (unpaired) electrons. The maximum atomic E-state index is 9.78. The lowest BCUT2D eigenvalue weighted by Crippen LogP contribution is -2.24. The highest BCUT2D eigenvalue weighted by molar-refractivity contribution is 7.22. The molecule has 3 N–H and O–H groups in total. The summed E-state index contributed by atoms with van der Waals surface area (Å²) in [5, 5.41) is 14.8. The minimum absolute atomic E-state index is 0.245. The second-order valence-electron chi connectivity index (χ2n) is 6.29. The lowest BCUT2D eigenvalue weighted by Gasteiger charge is -2.21. The number of nitrogen functional groups attached to an aromatic ring is 1. The third kappa shape index (κ3) is 2.57. The first-order valence-electron chi connectivity index (χ1n) is 7.07. The van der Waals surface area contributed by atoms with E-state index in [2.05, 4.69) is 35.8 Å². The molecule has 7 heteroatoms. The van der Waals surface area contributed by atoms with Gasteiger partial charge in [-0.2, -0.15) is 5.10 Å². The third-order valence-corrected chi connectivity index (χ3v) is 4.16. The molecule has 1 unspecified atom stereocenters. The van der Waals surface area contributed by atoms with Gasteiger partial charge in [-0.15, -0.1) is 0 Å². The van der Waals surface area contributed by atoms with Crippen molar-refractivity contribution in [2.45, 2.75) is 39.3 Å². The number of rotatable bonds is 2. The Morgan fingerprint density at radius 2 is 2.00 bits per heavy atom. The smallest absolute Gasteiger partial charge is 0.181 e. The fraction of sp³-hybridized carbons (Fsp3) is 0.400. The van der Waals surface area contributed by atoms with Gasteiger partial charge in [0.25, 0.3) is 0 Å². The lowest BCUT2D eigenvalue weighted by molar-refractivity contribution is 0.187. The van der Waals surface area contributed by atoms with Crippen LogP contribution in [0.25, 0.3) is 21.6 Å².